The summed E-state index contributed by atoms with van der Waals surface area (Å²) < 4.78 is 5.30. The standard InChI is InChI=1S/C25H26N4O2/c1-15-9-16(2)22(10-21(15)24-23(14-31-4)27-17(3)28-24)25(30)29-12-20(13-29)19-7-5-18(11-26)6-8-19/h5-10,20H,12-14H2,1-4H3,(H,27,28). The van der Waals surface area contributed by atoms with Crippen molar-refractivity contribution in [2.24, 2.45) is 0 Å². The van der Waals surface area contributed by atoms with E-state index in [1.54, 1.807) is 7.11 Å². The summed E-state index contributed by atoms with van der Waals surface area (Å²) in [4.78, 5) is 23.0. The van der Waals surface area contributed by atoms with Gasteiger partial charge in [0.25, 0.3) is 5.91 Å². The minimum Gasteiger partial charge on any atom is -0.378 e. The van der Waals surface area contributed by atoms with Crippen LogP contribution in [0.5, 0.6) is 0 Å². The summed E-state index contributed by atoms with van der Waals surface area (Å²) in [5, 5.41) is 8.96. The minimum atomic E-state index is 0.0492. The first kappa shape index (κ1) is 20.8. The Morgan fingerprint density at radius 3 is 2.55 bits per heavy atom. The van der Waals surface area contributed by atoms with Crippen LogP contribution in [0, 0.1) is 32.1 Å². The molecule has 31 heavy (non-hydrogen) atoms. The van der Waals surface area contributed by atoms with Crippen molar-refractivity contribution < 1.29 is 9.53 Å². The molecule has 0 unspecified atom stereocenters. The lowest BCUT2D eigenvalue weighted by atomic mass is 9.89. The molecule has 2 aromatic carbocycles. The van der Waals surface area contributed by atoms with Crippen LogP contribution in [0.15, 0.2) is 36.4 Å². The normalized spacial score (nSPS) is 13.7. The molecule has 1 aliphatic heterocycles. The summed E-state index contributed by atoms with van der Waals surface area (Å²) in [6, 6.07) is 13.8. The number of hydrogen-bond acceptors (Lipinski definition) is 4. The van der Waals surface area contributed by atoms with Gasteiger partial charge >= 0.3 is 0 Å². The van der Waals surface area contributed by atoms with Crippen LogP contribution in [0.2, 0.25) is 0 Å². The second kappa shape index (κ2) is 8.37. The first-order chi connectivity index (χ1) is 14.9. The molecule has 1 fully saturated rings. The third-order valence-electron chi connectivity index (χ3n) is 5.93. The van der Waals surface area contributed by atoms with E-state index in [0.29, 0.717) is 31.2 Å². The molecule has 3 aromatic rings. The predicted molar refractivity (Wildman–Crippen MR) is 119 cm³/mol. The Labute approximate surface area is 182 Å². The van der Waals surface area contributed by atoms with Gasteiger partial charge in [-0.05, 0) is 55.7 Å². The Morgan fingerprint density at radius 2 is 1.90 bits per heavy atom. The molecule has 0 aliphatic carbocycles. The van der Waals surface area contributed by atoms with Gasteiger partial charge in [0, 0.05) is 37.2 Å². The molecule has 0 bridgehead atoms. The van der Waals surface area contributed by atoms with Gasteiger partial charge in [-0.3, -0.25) is 4.79 Å². The molecule has 2 heterocycles. The first-order valence-electron chi connectivity index (χ1n) is 10.4. The second-order valence-electron chi connectivity index (χ2n) is 8.20. The van der Waals surface area contributed by atoms with Gasteiger partial charge in [-0.15, -0.1) is 0 Å². The van der Waals surface area contributed by atoms with Crippen LogP contribution in [-0.4, -0.2) is 41.0 Å². The molecule has 6 nitrogen and oxygen atoms in total. The number of benzene rings is 2. The van der Waals surface area contributed by atoms with Gasteiger partial charge in [-0.2, -0.15) is 5.26 Å². The SMILES string of the molecule is COCc1nc(C)[nH]c1-c1cc(C(=O)N2CC(c3ccc(C#N)cc3)C2)c(C)cc1C. The van der Waals surface area contributed by atoms with Gasteiger partial charge in [0.2, 0.25) is 0 Å². The van der Waals surface area contributed by atoms with E-state index in [-0.39, 0.29) is 5.91 Å². The monoisotopic (exact) mass is 414 g/mol. The second-order valence-corrected chi connectivity index (χ2v) is 8.20. The Hall–Kier alpha value is -3.43. The lowest BCUT2D eigenvalue weighted by Gasteiger charge is -2.40. The molecule has 0 atom stereocenters. The van der Waals surface area contributed by atoms with Crippen molar-refractivity contribution in [3.63, 3.8) is 0 Å². The Balaban J connectivity index is 1.57. The van der Waals surface area contributed by atoms with Gasteiger partial charge < -0.3 is 14.6 Å². The van der Waals surface area contributed by atoms with Crippen LogP contribution in [0.25, 0.3) is 11.3 Å². The van der Waals surface area contributed by atoms with Crippen molar-refractivity contribution in [2.45, 2.75) is 33.3 Å². The molecule has 1 N–H and O–H groups in total. The van der Waals surface area contributed by atoms with Crippen LogP contribution >= 0.6 is 0 Å². The van der Waals surface area contributed by atoms with E-state index in [1.807, 2.05) is 56.0 Å². The van der Waals surface area contributed by atoms with Gasteiger partial charge in [-0.25, -0.2) is 4.98 Å². The molecule has 1 aliphatic rings. The number of nitrogens with zero attached hydrogens (tertiary/aromatic N) is 3. The molecule has 1 saturated heterocycles. The number of hydrogen-bond donors (Lipinski definition) is 1. The zero-order valence-corrected chi connectivity index (χ0v) is 18.3. The highest BCUT2D eigenvalue weighted by atomic mass is 16.5. The fraction of sp³-hybridized carbons (Fsp3) is 0.320. The fourth-order valence-electron chi connectivity index (χ4n) is 4.21. The number of aryl methyl sites for hydroxylation is 3. The molecular weight excluding hydrogens is 388 g/mol. The van der Waals surface area contributed by atoms with Crippen molar-refractivity contribution in [1.29, 1.82) is 5.26 Å². The van der Waals surface area contributed by atoms with Crippen LogP contribution < -0.4 is 0 Å². The quantitative estimate of drug-likeness (QED) is 0.676. The molecule has 158 valence electrons. The van der Waals surface area contributed by atoms with Crippen molar-refractivity contribution in [3.8, 4) is 17.3 Å². The molecular formula is C25H26N4O2. The van der Waals surface area contributed by atoms with Gasteiger partial charge in [0.1, 0.15) is 5.82 Å². The Bertz CT molecular complexity index is 1170. The average molecular weight is 415 g/mol. The molecule has 1 aromatic heterocycles. The van der Waals surface area contributed by atoms with Gasteiger partial charge in [-0.1, -0.05) is 18.2 Å². The Morgan fingerprint density at radius 1 is 1.19 bits per heavy atom. The minimum absolute atomic E-state index is 0.0492. The lowest BCUT2D eigenvalue weighted by molar-refractivity contribution is 0.0601. The highest BCUT2D eigenvalue weighted by Crippen LogP contribution is 2.32. The number of rotatable bonds is 5. The maximum atomic E-state index is 13.3. The number of likely N-dealkylation sites (tertiary alicyclic amines) is 1. The smallest absolute Gasteiger partial charge is 0.254 e. The summed E-state index contributed by atoms with van der Waals surface area (Å²) in [5.41, 5.74) is 7.33. The maximum Gasteiger partial charge on any atom is 0.254 e. The zero-order valence-electron chi connectivity index (χ0n) is 18.3. The highest BCUT2D eigenvalue weighted by Gasteiger charge is 2.33. The number of methoxy groups -OCH3 is 1. The average Bonchev–Trinajstić information content (AvgIpc) is 3.07. The summed E-state index contributed by atoms with van der Waals surface area (Å²) >= 11 is 0. The number of aromatic nitrogens is 2. The van der Waals surface area contributed by atoms with E-state index < -0.39 is 0 Å². The molecule has 1 amide bonds. The molecule has 0 saturated carbocycles. The number of nitrogens with one attached hydrogen (secondary N) is 1. The summed E-state index contributed by atoms with van der Waals surface area (Å²) in [6.07, 6.45) is 0. The zero-order chi connectivity index (χ0) is 22.1. The van der Waals surface area contributed by atoms with Crippen LogP contribution in [0.3, 0.4) is 0 Å². The Kier molecular flexibility index (Phi) is 5.62. The first-order valence-corrected chi connectivity index (χ1v) is 10.4. The molecule has 0 radical (unpaired) electrons. The number of imidazole rings is 1. The molecule has 4 rings (SSSR count). The predicted octanol–water partition coefficient (Wildman–Crippen LogP) is 4.26. The lowest BCUT2D eigenvalue weighted by Crippen LogP contribution is -2.48. The summed E-state index contributed by atoms with van der Waals surface area (Å²) in [5.74, 6) is 1.18. The number of aromatic amines is 1. The maximum absolute atomic E-state index is 13.3. The van der Waals surface area contributed by atoms with Crippen LogP contribution in [0.1, 0.15) is 50.0 Å². The number of carbonyl (C=O) groups is 1. The number of amides is 1. The van der Waals surface area contributed by atoms with E-state index in [9.17, 15) is 4.79 Å². The van der Waals surface area contributed by atoms with Crippen LogP contribution in [-0.2, 0) is 11.3 Å². The van der Waals surface area contributed by atoms with Gasteiger partial charge in [0.15, 0.2) is 0 Å². The van der Waals surface area contributed by atoms with Crippen LogP contribution in [0.4, 0.5) is 0 Å². The summed E-state index contributed by atoms with van der Waals surface area (Å²) in [6.45, 7) is 7.73. The van der Waals surface area contributed by atoms with Crippen molar-refractivity contribution in [3.05, 3.63) is 75.7 Å². The number of ether oxygens (including phenoxy) is 1. The van der Waals surface area contributed by atoms with E-state index in [4.69, 9.17) is 10.00 Å². The topological polar surface area (TPSA) is 82.0 Å². The third kappa shape index (κ3) is 3.97. The molecule has 6 heteroatoms. The van der Waals surface area contributed by atoms with Crippen molar-refractivity contribution in [2.75, 3.05) is 20.2 Å². The number of nitriles is 1. The van der Waals surface area contributed by atoms with Crippen molar-refractivity contribution in [1.82, 2.24) is 14.9 Å². The van der Waals surface area contributed by atoms with E-state index in [0.717, 1.165) is 39.5 Å². The van der Waals surface area contributed by atoms with E-state index in [2.05, 4.69) is 22.1 Å². The molecule has 0 spiro atoms. The van der Waals surface area contributed by atoms with Crippen molar-refractivity contribution >= 4 is 5.91 Å². The van der Waals surface area contributed by atoms with E-state index >= 15 is 0 Å². The van der Waals surface area contributed by atoms with Gasteiger partial charge in [0.05, 0.1) is 29.6 Å². The number of carbonyl (C=O) groups excluding carboxylic acids is 1. The third-order valence-corrected chi connectivity index (χ3v) is 5.93. The number of H-pyrrole nitrogens is 1. The van der Waals surface area contributed by atoms with E-state index in [1.165, 1.54) is 5.56 Å². The fourth-order valence-corrected chi connectivity index (χ4v) is 4.21. The largest absolute Gasteiger partial charge is 0.378 e. The highest BCUT2D eigenvalue weighted by molar-refractivity contribution is 5.97. The summed E-state index contributed by atoms with van der Waals surface area (Å²) in [7, 11) is 1.65.